The Balaban J connectivity index is 2.12. The summed E-state index contributed by atoms with van der Waals surface area (Å²) in [5.74, 6) is 0.463. The zero-order valence-corrected chi connectivity index (χ0v) is 11.9. The van der Waals surface area contributed by atoms with Crippen molar-refractivity contribution < 1.29 is 8.42 Å². The van der Waals surface area contributed by atoms with E-state index in [1.807, 2.05) is 18.5 Å². The van der Waals surface area contributed by atoms with E-state index in [4.69, 9.17) is 0 Å². The summed E-state index contributed by atoms with van der Waals surface area (Å²) in [6.45, 7) is 5.62. The fraction of sp³-hybridized carbons (Fsp3) is 0.667. The second kappa shape index (κ2) is 5.03. The molecule has 0 aliphatic heterocycles. The Bertz CT molecular complexity index is 521. The van der Waals surface area contributed by atoms with Crippen molar-refractivity contribution in [3.05, 3.63) is 18.0 Å². The summed E-state index contributed by atoms with van der Waals surface area (Å²) in [4.78, 5) is 0.358. The second-order valence-electron chi connectivity index (χ2n) is 5.00. The van der Waals surface area contributed by atoms with Gasteiger partial charge in [0.1, 0.15) is 0 Å². The molecule has 0 spiro atoms. The first kappa shape index (κ1) is 13.6. The average Bonchev–Trinajstić information content (AvgIpc) is 2.83. The monoisotopic (exact) mass is 271 g/mol. The van der Waals surface area contributed by atoms with Crippen molar-refractivity contribution >= 4 is 10.0 Å². The lowest BCUT2D eigenvalue weighted by molar-refractivity contribution is 0.578. The standard InChI is InChI=1S/C12H21N3O2S/c1-4-13-7-10-6-11(8-15(10)3)18(16,17)14-12-5-9(12)2/h6,8-9,12-14H,4-5,7H2,1-3H3. The molecule has 1 aromatic heterocycles. The molecule has 2 atom stereocenters. The SMILES string of the molecule is CCNCc1cc(S(=O)(=O)NC2CC2C)cn1C. The third kappa shape index (κ3) is 2.93. The molecule has 0 amide bonds. The minimum Gasteiger partial charge on any atom is -0.352 e. The molecule has 0 bridgehead atoms. The second-order valence-corrected chi connectivity index (χ2v) is 6.71. The third-order valence-electron chi connectivity index (χ3n) is 3.37. The van der Waals surface area contributed by atoms with Crippen molar-refractivity contribution in [3.63, 3.8) is 0 Å². The van der Waals surface area contributed by atoms with Gasteiger partial charge in [-0.15, -0.1) is 0 Å². The molecular formula is C12H21N3O2S. The highest BCUT2D eigenvalue weighted by atomic mass is 32.2. The Kier molecular flexibility index (Phi) is 3.79. The van der Waals surface area contributed by atoms with Crippen LogP contribution < -0.4 is 10.0 Å². The van der Waals surface area contributed by atoms with Gasteiger partial charge in [0, 0.05) is 31.5 Å². The number of aryl methyl sites for hydroxylation is 1. The maximum absolute atomic E-state index is 12.1. The minimum atomic E-state index is -3.36. The van der Waals surface area contributed by atoms with Gasteiger partial charge in [0.2, 0.25) is 10.0 Å². The first-order valence-corrected chi connectivity index (χ1v) is 7.80. The van der Waals surface area contributed by atoms with Crippen LogP contribution in [0, 0.1) is 5.92 Å². The van der Waals surface area contributed by atoms with Gasteiger partial charge in [0.25, 0.3) is 0 Å². The fourth-order valence-corrected chi connectivity index (χ4v) is 3.36. The molecule has 2 rings (SSSR count). The number of hydrogen-bond donors (Lipinski definition) is 2. The number of nitrogens with zero attached hydrogens (tertiary/aromatic N) is 1. The molecule has 102 valence electrons. The highest BCUT2D eigenvalue weighted by molar-refractivity contribution is 7.89. The minimum absolute atomic E-state index is 0.118. The molecule has 5 nitrogen and oxygen atoms in total. The molecular weight excluding hydrogens is 250 g/mol. The van der Waals surface area contributed by atoms with Gasteiger partial charge < -0.3 is 9.88 Å². The Morgan fingerprint density at radius 3 is 2.72 bits per heavy atom. The van der Waals surface area contributed by atoms with Crippen molar-refractivity contribution in [2.45, 2.75) is 37.8 Å². The molecule has 1 aromatic rings. The van der Waals surface area contributed by atoms with Crippen LogP contribution in [-0.4, -0.2) is 25.6 Å². The lowest BCUT2D eigenvalue weighted by Gasteiger charge is -2.02. The van der Waals surface area contributed by atoms with E-state index in [0.717, 1.165) is 18.7 Å². The smallest absolute Gasteiger partial charge is 0.242 e. The molecule has 1 saturated carbocycles. The summed E-state index contributed by atoms with van der Waals surface area (Å²) in [7, 11) is -1.49. The lowest BCUT2D eigenvalue weighted by atomic mass is 10.4. The fourth-order valence-electron chi connectivity index (χ4n) is 1.91. The van der Waals surface area contributed by atoms with E-state index in [-0.39, 0.29) is 6.04 Å². The van der Waals surface area contributed by atoms with Gasteiger partial charge in [0.15, 0.2) is 0 Å². The highest BCUT2D eigenvalue weighted by Gasteiger charge is 2.36. The van der Waals surface area contributed by atoms with E-state index >= 15 is 0 Å². The molecule has 1 fully saturated rings. The van der Waals surface area contributed by atoms with E-state index < -0.39 is 10.0 Å². The first-order chi connectivity index (χ1) is 8.44. The van der Waals surface area contributed by atoms with Crippen molar-refractivity contribution in [1.82, 2.24) is 14.6 Å². The predicted octanol–water partition coefficient (Wildman–Crippen LogP) is 0.821. The highest BCUT2D eigenvalue weighted by Crippen LogP contribution is 2.30. The van der Waals surface area contributed by atoms with Gasteiger partial charge in [-0.25, -0.2) is 13.1 Å². The molecule has 6 heteroatoms. The molecule has 1 heterocycles. The van der Waals surface area contributed by atoms with E-state index in [9.17, 15) is 8.42 Å². The molecule has 1 aliphatic carbocycles. The summed E-state index contributed by atoms with van der Waals surface area (Å²) in [5.41, 5.74) is 0.973. The molecule has 2 unspecified atom stereocenters. The van der Waals surface area contributed by atoms with Crippen LogP contribution in [0.2, 0.25) is 0 Å². The van der Waals surface area contributed by atoms with E-state index in [1.165, 1.54) is 0 Å². The summed E-state index contributed by atoms with van der Waals surface area (Å²) >= 11 is 0. The van der Waals surface area contributed by atoms with Crippen LogP contribution in [-0.2, 0) is 23.6 Å². The summed E-state index contributed by atoms with van der Waals surface area (Å²) < 4.78 is 28.8. The summed E-state index contributed by atoms with van der Waals surface area (Å²) in [5, 5.41) is 3.19. The molecule has 0 radical (unpaired) electrons. The van der Waals surface area contributed by atoms with Gasteiger partial charge in [-0.2, -0.15) is 0 Å². The van der Waals surface area contributed by atoms with Gasteiger partial charge in [-0.05, 0) is 24.9 Å². The van der Waals surface area contributed by atoms with Gasteiger partial charge in [-0.3, -0.25) is 0 Å². The molecule has 1 aliphatic rings. The largest absolute Gasteiger partial charge is 0.352 e. The lowest BCUT2D eigenvalue weighted by Crippen LogP contribution is -2.26. The van der Waals surface area contributed by atoms with Gasteiger partial charge in [-0.1, -0.05) is 13.8 Å². The Morgan fingerprint density at radius 1 is 1.50 bits per heavy atom. The normalized spacial score (nSPS) is 23.3. The number of nitrogens with one attached hydrogen (secondary N) is 2. The van der Waals surface area contributed by atoms with Crippen LogP contribution >= 0.6 is 0 Å². The number of hydrogen-bond acceptors (Lipinski definition) is 3. The topological polar surface area (TPSA) is 63.1 Å². The van der Waals surface area contributed by atoms with Crippen LogP contribution in [0.15, 0.2) is 17.2 Å². The zero-order valence-electron chi connectivity index (χ0n) is 11.1. The van der Waals surface area contributed by atoms with Gasteiger partial charge >= 0.3 is 0 Å². The molecule has 18 heavy (non-hydrogen) atoms. The maximum atomic E-state index is 12.1. The van der Waals surface area contributed by atoms with Crippen molar-refractivity contribution in [2.75, 3.05) is 6.54 Å². The van der Waals surface area contributed by atoms with Crippen molar-refractivity contribution in [3.8, 4) is 0 Å². The predicted molar refractivity (Wildman–Crippen MR) is 70.7 cm³/mol. The summed E-state index contributed by atoms with van der Waals surface area (Å²) in [6, 6.07) is 1.85. The van der Waals surface area contributed by atoms with Gasteiger partial charge in [0.05, 0.1) is 4.90 Å². The van der Waals surface area contributed by atoms with E-state index in [2.05, 4.69) is 17.0 Å². The first-order valence-electron chi connectivity index (χ1n) is 6.32. The molecule has 0 saturated heterocycles. The maximum Gasteiger partial charge on any atom is 0.242 e. The number of aromatic nitrogens is 1. The number of rotatable bonds is 6. The Hall–Kier alpha value is -0.850. The molecule has 2 N–H and O–H groups in total. The van der Waals surface area contributed by atoms with Crippen LogP contribution in [0.4, 0.5) is 0 Å². The Labute approximate surface area is 109 Å². The quantitative estimate of drug-likeness (QED) is 0.805. The average molecular weight is 271 g/mol. The summed E-state index contributed by atoms with van der Waals surface area (Å²) in [6.07, 6.45) is 2.61. The third-order valence-corrected chi connectivity index (χ3v) is 4.82. The Morgan fingerprint density at radius 2 is 2.17 bits per heavy atom. The zero-order chi connectivity index (χ0) is 13.3. The van der Waals surface area contributed by atoms with E-state index in [0.29, 0.717) is 17.4 Å². The van der Waals surface area contributed by atoms with Crippen LogP contribution in [0.5, 0.6) is 0 Å². The number of sulfonamides is 1. The van der Waals surface area contributed by atoms with Crippen molar-refractivity contribution in [1.29, 1.82) is 0 Å². The van der Waals surface area contributed by atoms with Crippen LogP contribution in [0.3, 0.4) is 0 Å². The molecule has 0 aromatic carbocycles. The van der Waals surface area contributed by atoms with Crippen LogP contribution in [0.1, 0.15) is 26.0 Å². The van der Waals surface area contributed by atoms with E-state index in [1.54, 1.807) is 12.3 Å². The van der Waals surface area contributed by atoms with Crippen molar-refractivity contribution in [2.24, 2.45) is 13.0 Å². The van der Waals surface area contributed by atoms with Crippen LogP contribution in [0.25, 0.3) is 0 Å².